The van der Waals surface area contributed by atoms with Gasteiger partial charge in [0.25, 0.3) is 5.91 Å². The Kier molecular flexibility index (Phi) is 4.33. The molecule has 0 spiro atoms. The molecule has 5 nitrogen and oxygen atoms in total. The van der Waals surface area contributed by atoms with Crippen LogP contribution < -0.4 is 0 Å². The van der Waals surface area contributed by atoms with Crippen molar-refractivity contribution in [1.82, 2.24) is 4.90 Å². The Labute approximate surface area is 87.9 Å². The van der Waals surface area contributed by atoms with Gasteiger partial charge in [-0.3, -0.25) is 4.79 Å². The molecule has 1 aromatic rings. The highest BCUT2D eigenvalue weighted by atomic mass is 16.4. The summed E-state index contributed by atoms with van der Waals surface area (Å²) in [6.07, 6.45) is 0. The van der Waals surface area contributed by atoms with Gasteiger partial charge >= 0.3 is 0 Å². The Bertz CT molecular complexity index is 315. The molecule has 0 unspecified atom stereocenters. The number of hydrogen-bond donors (Lipinski definition) is 2. The molecule has 84 valence electrons. The van der Waals surface area contributed by atoms with Crippen LogP contribution in [0.25, 0.3) is 0 Å². The fourth-order valence-electron chi connectivity index (χ4n) is 1.26. The first-order valence-corrected chi connectivity index (χ1v) is 4.76. The van der Waals surface area contributed by atoms with E-state index in [0.717, 1.165) is 0 Å². The van der Waals surface area contributed by atoms with Gasteiger partial charge in [-0.05, 0) is 19.1 Å². The summed E-state index contributed by atoms with van der Waals surface area (Å²) in [6.45, 7) is 1.87. The van der Waals surface area contributed by atoms with Crippen LogP contribution in [-0.4, -0.2) is 47.3 Å². The van der Waals surface area contributed by atoms with Crippen molar-refractivity contribution in [3.63, 3.8) is 0 Å². The topological polar surface area (TPSA) is 73.9 Å². The molecule has 15 heavy (non-hydrogen) atoms. The van der Waals surface area contributed by atoms with Gasteiger partial charge < -0.3 is 19.5 Å². The lowest BCUT2D eigenvalue weighted by molar-refractivity contribution is 0.0652. The third kappa shape index (κ3) is 3.07. The van der Waals surface area contributed by atoms with E-state index < -0.39 is 0 Å². The second-order valence-electron chi connectivity index (χ2n) is 3.15. The Morgan fingerprint density at radius 1 is 1.33 bits per heavy atom. The number of aliphatic hydroxyl groups is 2. The van der Waals surface area contributed by atoms with Gasteiger partial charge in [-0.2, -0.15) is 0 Å². The van der Waals surface area contributed by atoms with Crippen LogP contribution >= 0.6 is 0 Å². The number of aryl methyl sites for hydroxylation is 1. The highest BCUT2D eigenvalue weighted by molar-refractivity contribution is 5.91. The smallest absolute Gasteiger partial charge is 0.289 e. The van der Waals surface area contributed by atoms with Crippen LogP contribution in [0.1, 0.15) is 16.3 Å². The average Bonchev–Trinajstić information content (AvgIpc) is 2.63. The largest absolute Gasteiger partial charge is 0.456 e. The maximum atomic E-state index is 11.7. The van der Waals surface area contributed by atoms with Gasteiger partial charge in [-0.25, -0.2) is 0 Å². The molecule has 0 saturated carbocycles. The lowest BCUT2D eigenvalue weighted by Gasteiger charge is -2.18. The molecule has 1 heterocycles. The summed E-state index contributed by atoms with van der Waals surface area (Å²) in [5.74, 6) is 0.576. The van der Waals surface area contributed by atoms with Crippen molar-refractivity contribution < 1.29 is 19.4 Å². The van der Waals surface area contributed by atoms with Crippen molar-refractivity contribution in [2.75, 3.05) is 26.3 Å². The van der Waals surface area contributed by atoms with E-state index in [1.165, 1.54) is 4.90 Å². The maximum absolute atomic E-state index is 11.7. The predicted molar refractivity (Wildman–Crippen MR) is 53.5 cm³/mol. The number of carbonyl (C=O) groups is 1. The molecule has 1 rings (SSSR count). The van der Waals surface area contributed by atoms with Crippen molar-refractivity contribution in [1.29, 1.82) is 0 Å². The molecule has 1 amide bonds. The van der Waals surface area contributed by atoms with Gasteiger partial charge in [0.2, 0.25) is 0 Å². The second kappa shape index (κ2) is 5.53. The molecule has 0 aliphatic rings. The normalized spacial score (nSPS) is 10.3. The summed E-state index contributed by atoms with van der Waals surface area (Å²) in [5.41, 5.74) is 0. The molecule has 2 N–H and O–H groups in total. The molecule has 0 atom stereocenters. The average molecular weight is 213 g/mol. The Morgan fingerprint density at radius 2 is 1.93 bits per heavy atom. The van der Waals surface area contributed by atoms with Gasteiger partial charge in [0.15, 0.2) is 5.76 Å². The number of carbonyl (C=O) groups excluding carboxylic acids is 1. The number of amides is 1. The zero-order valence-corrected chi connectivity index (χ0v) is 8.64. The summed E-state index contributed by atoms with van der Waals surface area (Å²) in [5, 5.41) is 17.5. The second-order valence-corrected chi connectivity index (χ2v) is 3.15. The van der Waals surface area contributed by atoms with Crippen LogP contribution in [-0.2, 0) is 0 Å². The number of hydrogen-bond acceptors (Lipinski definition) is 4. The number of rotatable bonds is 5. The minimum absolute atomic E-state index is 0.134. The van der Waals surface area contributed by atoms with E-state index in [9.17, 15) is 4.79 Å². The van der Waals surface area contributed by atoms with E-state index in [0.29, 0.717) is 5.76 Å². The van der Waals surface area contributed by atoms with Crippen molar-refractivity contribution in [3.8, 4) is 0 Å². The van der Waals surface area contributed by atoms with Crippen molar-refractivity contribution in [2.24, 2.45) is 0 Å². The zero-order valence-electron chi connectivity index (χ0n) is 8.64. The Hall–Kier alpha value is -1.33. The molecule has 0 radical (unpaired) electrons. The minimum atomic E-state index is -0.314. The van der Waals surface area contributed by atoms with Crippen LogP contribution in [0.2, 0.25) is 0 Å². The fourth-order valence-corrected chi connectivity index (χ4v) is 1.26. The third-order valence-corrected chi connectivity index (χ3v) is 1.98. The summed E-state index contributed by atoms with van der Waals surface area (Å²) in [6, 6.07) is 3.28. The van der Waals surface area contributed by atoms with E-state index in [1.54, 1.807) is 19.1 Å². The van der Waals surface area contributed by atoms with E-state index in [1.807, 2.05) is 0 Å². The summed E-state index contributed by atoms with van der Waals surface area (Å²) in [7, 11) is 0. The predicted octanol–water partition coefficient (Wildman–Crippen LogP) is 0.0148. The molecule has 0 aliphatic carbocycles. The molecule has 0 aromatic carbocycles. The molecular formula is C10H15NO4. The van der Waals surface area contributed by atoms with E-state index >= 15 is 0 Å². The van der Waals surface area contributed by atoms with E-state index in [4.69, 9.17) is 14.6 Å². The first-order valence-electron chi connectivity index (χ1n) is 4.76. The van der Waals surface area contributed by atoms with Crippen LogP contribution in [0.15, 0.2) is 16.5 Å². The number of aliphatic hydroxyl groups excluding tert-OH is 2. The number of furan rings is 1. The van der Waals surface area contributed by atoms with Crippen LogP contribution in [0.4, 0.5) is 0 Å². The Morgan fingerprint density at radius 3 is 2.33 bits per heavy atom. The molecule has 5 heteroatoms. The molecule has 0 fully saturated rings. The van der Waals surface area contributed by atoms with Gasteiger partial charge in [0, 0.05) is 13.1 Å². The van der Waals surface area contributed by atoms with Gasteiger partial charge in [-0.1, -0.05) is 0 Å². The lowest BCUT2D eigenvalue weighted by Crippen LogP contribution is -2.35. The molecule has 0 saturated heterocycles. The van der Waals surface area contributed by atoms with Crippen LogP contribution in [0.3, 0.4) is 0 Å². The quantitative estimate of drug-likeness (QED) is 0.722. The van der Waals surface area contributed by atoms with Gasteiger partial charge in [-0.15, -0.1) is 0 Å². The zero-order chi connectivity index (χ0) is 11.3. The van der Waals surface area contributed by atoms with Crippen LogP contribution in [0, 0.1) is 6.92 Å². The first kappa shape index (κ1) is 11.7. The molecule has 0 aliphatic heterocycles. The number of nitrogens with zero attached hydrogens (tertiary/aromatic N) is 1. The standard InChI is InChI=1S/C10H15NO4/c1-8-2-3-9(15-8)10(14)11(4-6-12)5-7-13/h2-3,12-13H,4-7H2,1H3. The van der Waals surface area contributed by atoms with Crippen molar-refractivity contribution >= 4 is 5.91 Å². The van der Waals surface area contributed by atoms with Crippen LogP contribution in [0.5, 0.6) is 0 Å². The Balaban J connectivity index is 2.71. The van der Waals surface area contributed by atoms with Crippen molar-refractivity contribution in [3.05, 3.63) is 23.7 Å². The van der Waals surface area contributed by atoms with Gasteiger partial charge in [0.1, 0.15) is 5.76 Å². The summed E-state index contributed by atoms with van der Waals surface area (Å²) >= 11 is 0. The van der Waals surface area contributed by atoms with Gasteiger partial charge in [0.05, 0.1) is 13.2 Å². The summed E-state index contributed by atoms with van der Waals surface area (Å²) in [4.78, 5) is 13.1. The SMILES string of the molecule is Cc1ccc(C(=O)N(CCO)CCO)o1. The maximum Gasteiger partial charge on any atom is 0.289 e. The highest BCUT2D eigenvalue weighted by Gasteiger charge is 2.17. The minimum Gasteiger partial charge on any atom is -0.456 e. The molecule has 0 bridgehead atoms. The first-order chi connectivity index (χ1) is 7.19. The highest BCUT2D eigenvalue weighted by Crippen LogP contribution is 2.09. The third-order valence-electron chi connectivity index (χ3n) is 1.98. The van der Waals surface area contributed by atoms with E-state index in [2.05, 4.69) is 0 Å². The molecule has 1 aromatic heterocycles. The van der Waals surface area contributed by atoms with Crippen molar-refractivity contribution in [2.45, 2.75) is 6.92 Å². The fraction of sp³-hybridized carbons (Fsp3) is 0.500. The molecular weight excluding hydrogens is 198 g/mol. The van der Waals surface area contributed by atoms with E-state index in [-0.39, 0.29) is 38.0 Å². The monoisotopic (exact) mass is 213 g/mol. The summed E-state index contributed by atoms with van der Waals surface area (Å²) < 4.78 is 5.16. The lowest BCUT2D eigenvalue weighted by atomic mass is 10.3.